The van der Waals surface area contributed by atoms with Gasteiger partial charge in [-0.05, 0) is 0 Å². The predicted octanol–water partition coefficient (Wildman–Crippen LogP) is -1.82. The van der Waals surface area contributed by atoms with Crippen molar-refractivity contribution in [3.8, 4) is 0 Å². The average molecular weight is 210 g/mol. The molecule has 4 N–H and O–H groups in total. The fourth-order valence-corrected chi connectivity index (χ4v) is 1.69. The van der Waals surface area contributed by atoms with Crippen LogP contribution in [0.2, 0.25) is 0 Å². The number of carbonyl (C=O) groups excluding carboxylic acids is 1. The van der Waals surface area contributed by atoms with E-state index in [9.17, 15) is 4.79 Å². The van der Waals surface area contributed by atoms with E-state index < -0.39 is 0 Å². The Morgan fingerprint density at radius 3 is 3.27 bits per heavy atom. The van der Waals surface area contributed by atoms with Crippen molar-refractivity contribution in [1.82, 2.24) is 25.6 Å². The molecule has 1 unspecified atom stereocenters. The van der Waals surface area contributed by atoms with Crippen LogP contribution in [-0.4, -0.2) is 58.4 Å². The molecule has 1 aliphatic rings. The van der Waals surface area contributed by atoms with Gasteiger partial charge in [-0.1, -0.05) is 0 Å². The Morgan fingerprint density at radius 1 is 1.73 bits per heavy atom. The molecule has 1 saturated heterocycles. The van der Waals surface area contributed by atoms with Gasteiger partial charge in [-0.2, -0.15) is 15.4 Å². The van der Waals surface area contributed by atoms with Crippen LogP contribution in [0, 0.1) is 0 Å². The van der Waals surface area contributed by atoms with E-state index in [1.165, 1.54) is 6.20 Å². The van der Waals surface area contributed by atoms with Crippen LogP contribution in [0.15, 0.2) is 6.20 Å². The molecule has 0 spiro atoms. The Morgan fingerprint density at radius 2 is 2.60 bits per heavy atom. The van der Waals surface area contributed by atoms with Crippen LogP contribution >= 0.6 is 0 Å². The minimum absolute atomic E-state index is 0.0444. The third-order valence-electron chi connectivity index (χ3n) is 2.52. The van der Waals surface area contributed by atoms with Gasteiger partial charge < -0.3 is 16.0 Å². The molecule has 0 aromatic carbocycles. The quantitative estimate of drug-likeness (QED) is 0.533. The van der Waals surface area contributed by atoms with Gasteiger partial charge in [0.2, 0.25) is 0 Å². The van der Waals surface area contributed by atoms with Crippen molar-refractivity contribution in [3.63, 3.8) is 0 Å². The van der Waals surface area contributed by atoms with E-state index in [-0.39, 0.29) is 11.9 Å². The SMILES string of the molecule is NCC1CNCCN1C(=O)c1cn[nH]n1. The van der Waals surface area contributed by atoms with Crippen LogP contribution in [0.4, 0.5) is 0 Å². The zero-order valence-corrected chi connectivity index (χ0v) is 8.31. The maximum atomic E-state index is 12.0. The van der Waals surface area contributed by atoms with Crippen molar-refractivity contribution < 1.29 is 4.79 Å². The van der Waals surface area contributed by atoms with Crippen LogP contribution < -0.4 is 11.1 Å². The second-order valence-electron chi connectivity index (χ2n) is 3.45. The van der Waals surface area contributed by atoms with Crippen LogP contribution in [0.25, 0.3) is 0 Å². The van der Waals surface area contributed by atoms with Gasteiger partial charge in [0.1, 0.15) is 0 Å². The number of nitrogens with two attached hydrogens (primary N) is 1. The van der Waals surface area contributed by atoms with Gasteiger partial charge in [0.25, 0.3) is 5.91 Å². The highest BCUT2D eigenvalue weighted by Gasteiger charge is 2.27. The number of piperazine rings is 1. The third kappa shape index (κ3) is 1.97. The maximum Gasteiger partial charge on any atom is 0.276 e. The van der Waals surface area contributed by atoms with Crippen molar-refractivity contribution in [2.75, 3.05) is 26.2 Å². The van der Waals surface area contributed by atoms with Crippen molar-refractivity contribution in [1.29, 1.82) is 0 Å². The first-order valence-electron chi connectivity index (χ1n) is 4.90. The topological polar surface area (TPSA) is 99.9 Å². The minimum Gasteiger partial charge on any atom is -0.330 e. The molecule has 1 aromatic heterocycles. The van der Waals surface area contributed by atoms with E-state index in [2.05, 4.69) is 20.7 Å². The summed E-state index contributed by atoms with van der Waals surface area (Å²) in [5.74, 6) is -0.110. The summed E-state index contributed by atoms with van der Waals surface area (Å²) in [6.07, 6.45) is 1.43. The first-order valence-corrected chi connectivity index (χ1v) is 4.90. The Kier molecular flexibility index (Phi) is 2.93. The van der Waals surface area contributed by atoms with Crippen molar-refractivity contribution >= 4 is 5.91 Å². The molecule has 1 amide bonds. The second kappa shape index (κ2) is 4.37. The summed E-state index contributed by atoms with van der Waals surface area (Å²) in [5.41, 5.74) is 5.95. The molecule has 1 aromatic rings. The number of carbonyl (C=O) groups is 1. The minimum atomic E-state index is -0.110. The normalized spacial score (nSPS) is 21.7. The van der Waals surface area contributed by atoms with E-state index in [0.29, 0.717) is 18.8 Å². The molecule has 0 saturated carbocycles. The Hall–Kier alpha value is -1.47. The number of aromatic amines is 1. The second-order valence-corrected chi connectivity index (χ2v) is 3.45. The first-order chi connectivity index (χ1) is 7.33. The molecule has 1 fully saturated rings. The standard InChI is InChI=1S/C8H14N6O/c9-3-6-4-10-1-2-14(6)8(15)7-5-11-13-12-7/h5-6,10H,1-4,9H2,(H,11,12,13). The smallest absolute Gasteiger partial charge is 0.276 e. The fourth-order valence-electron chi connectivity index (χ4n) is 1.69. The lowest BCUT2D eigenvalue weighted by Gasteiger charge is -2.34. The van der Waals surface area contributed by atoms with E-state index in [4.69, 9.17) is 5.73 Å². The summed E-state index contributed by atoms with van der Waals surface area (Å²) < 4.78 is 0. The molecular formula is C8H14N6O. The molecule has 7 heteroatoms. The van der Waals surface area contributed by atoms with Gasteiger partial charge in [0.05, 0.1) is 12.2 Å². The number of nitrogens with one attached hydrogen (secondary N) is 2. The molecule has 0 bridgehead atoms. The van der Waals surface area contributed by atoms with Crippen molar-refractivity contribution in [2.24, 2.45) is 5.73 Å². The monoisotopic (exact) mass is 210 g/mol. The molecule has 7 nitrogen and oxygen atoms in total. The Labute approximate surface area is 87.0 Å². The predicted molar refractivity (Wildman–Crippen MR) is 53.1 cm³/mol. The lowest BCUT2D eigenvalue weighted by Crippen LogP contribution is -2.56. The summed E-state index contributed by atoms with van der Waals surface area (Å²) in [6, 6.07) is 0.0444. The summed E-state index contributed by atoms with van der Waals surface area (Å²) in [7, 11) is 0. The van der Waals surface area contributed by atoms with Crippen molar-refractivity contribution in [2.45, 2.75) is 6.04 Å². The highest BCUT2D eigenvalue weighted by atomic mass is 16.2. The van der Waals surface area contributed by atoms with E-state index >= 15 is 0 Å². The zero-order valence-electron chi connectivity index (χ0n) is 8.31. The van der Waals surface area contributed by atoms with Gasteiger partial charge in [-0.25, -0.2) is 0 Å². The number of H-pyrrole nitrogens is 1. The number of aromatic nitrogens is 3. The lowest BCUT2D eigenvalue weighted by atomic mass is 10.2. The van der Waals surface area contributed by atoms with Gasteiger partial charge >= 0.3 is 0 Å². The molecule has 0 radical (unpaired) electrons. The van der Waals surface area contributed by atoms with Crippen LogP contribution in [0.1, 0.15) is 10.5 Å². The summed E-state index contributed by atoms with van der Waals surface area (Å²) in [6.45, 7) is 2.64. The van der Waals surface area contributed by atoms with E-state index in [0.717, 1.165) is 13.1 Å². The molecule has 1 aliphatic heterocycles. The highest BCUT2D eigenvalue weighted by molar-refractivity contribution is 5.92. The highest BCUT2D eigenvalue weighted by Crippen LogP contribution is 2.06. The van der Waals surface area contributed by atoms with E-state index in [1.54, 1.807) is 4.90 Å². The summed E-state index contributed by atoms with van der Waals surface area (Å²) in [5, 5.41) is 13.0. The zero-order chi connectivity index (χ0) is 10.7. The molecule has 15 heavy (non-hydrogen) atoms. The maximum absolute atomic E-state index is 12.0. The first kappa shape index (κ1) is 10.1. The summed E-state index contributed by atoms with van der Waals surface area (Å²) in [4.78, 5) is 13.7. The number of nitrogens with zero attached hydrogens (tertiary/aromatic N) is 3. The van der Waals surface area contributed by atoms with Gasteiger partial charge in [-0.15, -0.1) is 0 Å². The molecule has 2 heterocycles. The van der Waals surface area contributed by atoms with E-state index in [1.807, 2.05) is 0 Å². The van der Waals surface area contributed by atoms with Gasteiger partial charge in [-0.3, -0.25) is 4.79 Å². The number of hydrogen-bond acceptors (Lipinski definition) is 5. The average Bonchev–Trinajstić information content (AvgIpc) is 2.81. The number of hydrogen-bond donors (Lipinski definition) is 3. The fraction of sp³-hybridized carbons (Fsp3) is 0.625. The van der Waals surface area contributed by atoms with Gasteiger partial charge in [0, 0.05) is 26.2 Å². The lowest BCUT2D eigenvalue weighted by molar-refractivity contribution is 0.0638. The molecular weight excluding hydrogens is 196 g/mol. The Balaban J connectivity index is 2.11. The molecule has 1 atom stereocenters. The number of rotatable bonds is 2. The number of amides is 1. The largest absolute Gasteiger partial charge is 0.330 e. The van der Waals surface area contributed by atoms with Gasteiger partial charge in [0.15, 0.2) is 5.69 Å². The molecule has 2 rings (SSSR count). The third-order valence-corrected chi connectivity index (χ3v) is 2.52. The molecule has 82 valence electrons. The van der Waals surface area contributed by atoms with Crippen molar-refractivity contribution in [3.05, 3.63) is 11.9 Å². The van der Waals surface area contributed by atoms with Crippen LogP contribution in [-0.2, 0) is 0 Å². The van der Waals surface area contributed by atoms with Crippen LogP contribution in [0.5, 0.6) is 0 Å². The van der Waals surface area contributed by atoms with Crippen LogP contribution in [0.3, 0.4) is 0 Å². The summed E-state index contributed by atoms with van der Waals surface area (Å²) >= 11 is 0. The Bertz CT molecular complexity index is 324. The molecule has 0 aliphatic carbocycles.